The number of ether oxygens (including phenoxy) is 2. The predicted octanol–water partition coefficient (Wildman–Crippen LogP) is 6.40. The van der Waals surface area contributed by atoms with Crippen molar-refractivity contribution in [2.45, 2.75) is 77.7 Å². The van der Waals surface area contributed by atoms with Crippen LogP contribution in [0.5, 0.6) is 0 Å². The Hall–Kier alpha value is -6.19. The molecule has 2 aliphatic heterocycles. The predicted molar refractivity (Wildman–Crippen MR) is 214 cm³/mol. The van der Waals surface area contributed by atoms with Crippen molar-refractivity contribution in [2.75, 3.05) is 27.3 Å². The summed E-state index contributed by atoms with van der Waals surface area (Å²) in [6, 6.07) is 12.8. The molecule has 4 atom stereocenters. The number of urea groups is 1. The first-order chi connectivity index (χ1) is 27.4. The van der Waals surface area contributed by atoms with Crippen LogP contribution in [0.1, 0.15) is 77.1 Å². The van der Waals surface area contributed by atoms with Crippen LogP contribution < -0.4 is 16.0 Å². The number of fused-ring (bicyclic) bond motifs is 2. The first-order valence-corrected chi connectivity index (χ1v) is 19.5. The summed E-state index contributed by atoms with van der Waals surface area (Å²) in [7, 11) is 2.58. The Morgan fingerprint density at radius 1 is 0.737 bits per heavy atom. The number of nitrogens with one attached hydrogen (secondary N) is 5. The lowest BCUT2D eigenvalue weighted by Gasteiger charge is -2.30. The van der Waals surface area contributed by atoms with E-state index < -0.39 is 24.4 Å². The molecule has 3 aromatic heterocycles. The summed E-state index contributed by atoms with van der Waals surface area (Å²) in [5.74, 6) is 1.10. The molecule has 5 amide bonds. The van der Waals surface area contributed by atoms with Gasteiger partial charge in [-0.25, -0.2) is 24.4 Å². The summed E-state index contributed by atoms with van der Waals surface area (Å²) in [6.07, 6.45) is 5.03. The fourth-order valence-electron chi connectivity index (χ4n) is 7.72. The van der Waals surface area contributed by atoms with E-state index >= 15 is 0 Å². The average molecular weight is 779 g/mol. The van der Waals surface area contributed by atoms with Gasteiger partial charge in [0.2, 0.25) is 5.91 Å². The third-order valence-corrected chi connectivity index (χ3v) is 10.9. The molecule has 2 aromatic carbocycles. The molecule has 0 unspecified atom stereocenters. The van der Waals surface area contributed by atoms with Crippen molar-refractivity contribution in [3.63, 3.8) is 0 Å². The maximum Gasteiger partial charge on any atom is 0.408 e. The Morgan fingerprint density at radius 2 is 1.44 bits per heavy atom. The van der Waals surface area contributed by atoms with Gasteiger partial charge >= 0.3 is 18.2 Å². The monoisotopic (exact) mass is 778 g/mol. The third kappa shape index (κ3) is 8.20. The molecule has 16 nitrogen and oxygen atoms in total. The highest BCUT2D eigenvalue weighted by molar-refractivity contribution is 5.90. The molecule has 0 bridgehead atoms. The summed E-state index contributed by atoms with van der Waals surface area (Å²) >= 11 is 0. The molecule has 2 saturated heterocycles. The Balaban J connectivity index is 1.05. The molecule has 0 spiro atoms. The van der Waals surface area contributed by atoms with Crippen molar-refractivity contribution in [1.29, 1.82) is 0 Å². The molecule has 5 heterocycles. The lowest BCUT2D eigenvalue weighted by Crippen LogP contribution is -2.54. The zero-order chi connectivity index (χ0) is 40.4. The molecule has 0 saturated carbocycles. The fraction of sp³-hybridized carbons (Fsp3) is 0.439. The van der Waals surface area contributed by atoms with Gasteiger partial charge in [0.25, 0.3) is 0 Å². The topological polar surface area (TPSA) is 200 Å². The van der Waals surface area contributed by atoms with Gasteiger partial charge in [-0.3, -0.25) is 9.78 Å². The van der Waals surface area contributed by atoms with Gasteiger partial charge in [0.15, 0.2) is 0 Å². The molecule has 0 aliphatic carbocycles. The number of likely N-dealkylation sites (tertiary alicyclic amines) is 2. The molecule has 5 aromatic rings. The zero-order valence-electron chi connectivity index (χ0n) is 33.1. The van der Waals surface area contributed by atoms with Crippen LogP contribution in [0, 0.1) is 11.8 Å². The van der Waals surface area contributed by atoms with Gasteiger partial charge in [-0.2, -0.15) is 0 Å². The van der Waals surface area contributed by atoms with Crippen molar-refractivity contribution in [3.8, 4) is 22.5 Å². The van der Waals surface area contributed by atoms with Crippen molar-refractivity contribution >= 4 is 45.9 Å². The Kier molecular flexibility index (Phi) is 11.3. The van der Waals surface area contributed by atoms with Crippen molar-refractivity contribution in [3.05, 3.63) is 66.5 Å². The molecular formula is C41H50N10O6. The van der Waals surface area contributed by atoms with Crippen molar-refractivity contribution < 1.29 is 28.7 Å². The van der Waals surface area contributed by atoms with Crippen molar-refractivity contribution in [1.82, 2.24) is 50.7 Å². The van der Waals surface area contributed by atoms with Crippen LogP contribution in [0.25, 0.3) is 44.3 Å². The largest absolute Gasteiger partial charge is 0.453 e. The zero-order valence-corrected chi connectivity index (χ0v) is 33.1. The molecule has 7 rings (SSSR count). The second-order valence-electron chi connectivity index (χ2n) is 15.4. The van der Waals surface area contributed by atoms with E-state index in [0.717, 1.165) is 70.0 Å². The quantitative estimate of drug-likeness (QED) is 0.0996. The van der Waals surface area contributed by atoms with Gasteiger partial charge in [0.05, 0.1) is 54.9 Å². The molecule has 57 heavy (non-hydrogen) atoms. The van der Waals surface area contributed by atoms with Crippen LogP contribution in [0.3, 0.4) is 0 Å². The summed E-state index contributed by atoms with van der Waals surface area (Å²) < 4.78 is 9.49. The van der Waals surface area contributed by atoms with E-state index in [2.05, 4.69) is 44.1 Å². The summed E-state index contributed by atoms with van der Waals surface area (Å²) in [4.78, 5) is 75.6. The van der Waals surface area contributed by atoms with Crippen LogP contribution in [-0.4, -0.2) is 98.4 Å². The lowest BCUT2D eigenvalue weighted by atomic mass is 10.0. The number of hydrogen-bond donors (Lipinski definition) is 5. The Bertz CT molecular complexity index is 2280. The number of H-pyrrole nitrogens is 2. The lowest BCUT2D eigenvalue weighted by molar-refractivity contribution is -0.135. The highest BCUT2D eigenvalue weighted by atomic mass is 16.5. The van der Waals surface area contributed by atoms with Gasteiger partial charge in [0, 0.05) is 35.8 Å². The maximum absolute atomic E-state index is 13.6. The molecule has 300 valence electrons. The molecule has 0 radical (unpaired) electrons. The SMILES string of the molecule is COC(=O)N[C@H](NC(=O)N1CCC[C@H]1c1nc2ccc(-c3cc4ccc(-c5cnc([C@@H]6CCCN6C(=O)[C@@H](NC(=O)OC)C(C)C)[nH]5)cc4cn3)cc2[nH]1)C(C)C. The van der Waals surface area contributed by atoms with Crippen LogP contribution in [0.4, 0.5) is 14.4 Å². The maximum atomic E-state index is 13.6. The molecule has 16 heteroatoms. The van der Waals surface area contributed by atoms with Crippen LogP contribution >= 0.6 is 0 Å². The smallest absolute Gasteiger partial charge is 0.408 e. The number of amides is 5. The van der Waals surface area contributed by atoms with Crippen LogP contribution in [0.15, 0.2) is 54.9 Å². The normalized spacial score (nSPS) is 18.0. The number of carbonyl (C=O) groups excluding carboxylic acids is 4. The van der Waals surface area contributed by atoms with E-state index in [4.69, 9.17) is 24.4 Å². The number of nitrogens with zero attached hydrogens (tertiary/aromatic N) is 5. The Labute approximate surface area is 330 Å². The second kappa shape index (κ2) is 16.5. The van der Waals surface area contributed by atoms with Gasteiger partial charge in [0.1, 0.15) is 23.9 Å². The number of methoxy groups -OCH3 is 2. The van der Waals surface area contributed by atoms with Crippen molar-refractivity contribution in [2.24, 2.45) is 11.8 Å². The van der Waals surface area contributed by atoms with E-state index in [1.165, 1.54) is 14.2 Å². The fourth-order valence-corrected chi connectivity index (χ4v) is 7.72. The molecule has 2 fully saturated rings. The summed E-state index contributed by atoms with van der Waals surface area (Å²) in [5.41, 5.74) is 5.15. The highest BCUT2D eigenvalue weighted by Gasteiger charge is 2.38. The van der Waals surface area contributed by atoms with E-state index in [1.807, 2.05) is 58.2 Å². The molecule has 2 aliphatic rings. The standard InChI is InChI=1S/C41H50N10O6/c1-22(2)34(47-40(54)56-5)38(52)50-15-7-9-32(50)36-43-21-31(46-36)25-12-11-24-18-29(42-20-27(24)17-25)26-13-14-28-30(19-26)45-37(44-28)33-10-8-16-51(33)39(53)48-35(23(3)4)49-41(55)57-6/h11-14,17-23,32-35H,7-10,15-16H2,1-6H3,(H,43,46)(H,44,45)(H,47,54)(H,48,53)(H,49,55)/t32-,33-,34-,35-/m0/s1. The number of benzene rings is 2. The van der Waals surface area contributed by atoms with Crippen LogP contribution in [0.2, 0.25) is 0 Å². The number of alkyl carbamates (subject to hydrolysis) is 2. The van der Waals surface area contributed by atoms with E-state index in [9.17, 15) is 19.2 Å². The van der Waals surface area contributed by atoms with Crippen LogP contribution in [-0.2, 0) is 14.3 Å². The van der Waals surface area contributed by atoms with Gasteiger partial charge in [-0.1, -0.05) is 45.9 Å². The number of imidazole rings is 2. The second-order valence-corrected chi connectivity index (χ2v) is 15.4. The minimum atomic E-state index is -0.699. The first-order valence-electron chi connectivity index (χ1n) is 19.5. The summed E-state index contributed by atoms with van der Waals surface area (Å²) in [5, 5.41) is 10.3. The number of aromatic nitrogens is 5. The minimum absolute atomic E-state index is 0.0503. The van der Waals surface area contributed by atoms with E-state index in [-0.39, 0.29) is 35.9 Å². The number of carbonyl (C=O) groups is 4. The first kappa shape index (κ1) is 39.1. The Morgan fingerprint density at radius 3 is 2.16 bits per heavy atom. The van der Waals surface area contributed by atoms with Gasteiger partial charge < -0.3 is 45.2 Å². The minimum Gasteiger partial charge on any atom is -0.453 e. The number of aromatic amines is 2. The molecule has 5 N–H and O–H groups in total. The van der Waals surface area contributed by atoms with E-state index in [0.29, 0.717) is 24.7 Å². The highest BCUT2D eigenvalue weighted by Crippen LogP contribution is 2.35. The number of rotatable bonds is 10. The number of hydrogen-bond acceptors (Lipinski definition) is 9. The van der Waals surface area contributed by atoms with Gasteiger partial charge in [-0.05, 0) is 67.2 Å². The molecular weight excluding hydrogens is 729 g/mol. The van der Waals surface area contributed by atoms with Gasteiger partial charge in [-0.15, -0.1) is 0 Å². The van der Waals surface area contributed by atoms with E-state index in [1.54, 1.807) is 16.0 Å². The summed E-state index contributed by atoms with van der Waals surface area (Å²) in [6.45, 7) is 8.77. The number of pyridine rings is 1. The third-order valence-electron chi connectivity index (χ3n) is 10.9. The average Bonchev–Trinajstić information content (AvgIpc) is 4.04.